The molecule has 2 aromatic heterocycles. The van der Waals surface area contributed by atoms with Crippen LogP contribution >= 0.6 is 11.8 Å². The monoisotopic (exact) mass is 463 g/mol. The fourth-order valence-corrected chi connectivity index (χ4v) is 4.79. The molecule has 32 heavy (non-hydrogen) atoms. The summed E-state index contributed by atoms with van der Waals surface area (Å²) in [5, 5.41) is 10.6. The van der Waals surface area contributed by atoms with Crippen molar-refractivity contribution < 1.29 is 18.3 Å². The molecule has 5 nitrogen and oxygen atoms in total. The Hall–Kier alpha value is -2.68. The lowest BCUT2D eigenvalue weighted by Gasteiger charge is -2.21. The highest BCUT2D eigenvalue weighted by molar-refractivity contribution is 8.00. The SMILES string of the molecule is Cc1c(O)n(-c2ccc(SC(F)(F)F)cc2)c(=O)n1Cc1ccnc(C2CCCCC2)c1. The van der Waals surface area contributed by atoms with Crippen LogP contribution in [0.2, 0.25) is 0 Å². The smallest absolute Gasteiger partial charge is 0.446 e. The topological polar surface area (TPSA) is 60.1 Å². The van der Waals surface area contributed by atoms with E-state index < -0.39 is 11.2 Å². The zero-order valence-electron chi connectivity index (χ0n) is 17.6. The third-order valence-corrected chi connectivity index (χ3v) is 6.64. The number of aromatic hydroxyl groups is 1. The van der Waals surface area contributed by atoms with E-state index in [1.54, 1.807) is 13.1 Å². The van der Waals surface area contributed by atoms with E-state index in [0.29, 0.717) is 17.3 Å². The molecule has 170 valence electrons. The van der Waals surface area contributed by atoms with E-state index in [9.17, 15) is 23.1 Å². The van der Waals surface area contributed by atoms with Gasteiger partial charge in [0.15, 0.2) is 0 Å². The Morgan fingerprint density at radius 2 is 1.81 bits per heavy atom. The predicted octanol–water partition coefficient (Wildman–Crippen LogP) is 5.76. The molecule has 4 rings (SSSR count). The van der Waals surface area contributed by atoms with E-state index in [-0.39, 0.29) is 29.1 Å². The Bertz CT molecular complexity index is 1150. The Balaban J connectivity index is 1.61. The largest absolute Gasteiger partial charge is 0.493 e. The van der Waals surface area contributed by atoms with Gasteiger partial charge in [-0.25, -0.2) is 9.36 Å². The second kappa shape index (κ2) is 9.05. The standard InChI is InChI=1S/C23H24F3N3O2S/c1-15-21(30)29(18-7-9-19(10-8-18)32-23(24,25)26)22(31)28(15)14-16-11-12-27-20(13-16)17-5-3-2-4-6-17/h7-13,17,30H,2-6,14H2,1H3. The first-order valence-electron chi connectivity index (χ1n) is 10.5. The zero-order chi connectivity index (χ0) is 22.9. The summed E-state index contributed by atoms with van der Waals surface area (Å²) in [6.45, 7) is 1.92. The molecule has 1 saturated carbocycles. The van der Waals surface area contributed by atoms with Crippen LogP contribution in [0.25, 0.3) is 5.69 Å². The summed E-state index contributed by atoms with van der Waals surface area (Å²) in [6, 6.07) is 9.24. The first-order valence-corrected chi connectivity index (χ1v) is 11.4. The van der Waals surface area contributed by atoms with Crippen molar-refractivity contribution in [2.75, 3.05) is 0 Å². The molecule has 0 amide bonds. The number of halogens is 3. The van der Waals surface area contributed by atoms with Gasteiger partial charge < -0.3 is 5.11 Å². The summed E-state index contributed by atoms with van der Waals surface area (Å²) in [6.07, 6.45) is 7.66. The van der Waals surface area contributed by atoms with Gasteiger partial charge in [0.25, 0.3) is 0 Å². The minimum atomic E-state index is -4.39. The Morgan fingerprint density at radius 3 is 2.47 bits per heavy atom. The van der Waals surface area contributed by atoms with Gasteiger partial charge in [0.2, 0.25) is 5.88 Å². The van der Waals surface area contributed by atoms with E-state index >= 15 is 0 Å². The van der Waals surface area contributed by atoms with E-state index in [2.05, 4.69) is 4.98 Å². The summed E-state index contributed by atoms with van der Waals surface area (Å²) < 4.78 is 40.3. The molecule has 3 aromatic rings. The quantitative estimate of drug-likeness (QED) is 0.489. The highest BCUT2D eigenvalue weighted by Gasteiger charge is 2.29. The minimum Gasteiger partial charge on any atom is -0.493 e. The Kier molecular flexibility index (Phi) is 6.37. The summed E-state index contributed by atoms with van der Waals surface area (Å²) in [4.78, 5) is 17.6. The van der Waals surface area contributed by atoms with Crippen molar-refractivity contribution in [1.82, 2.24) is 14.1 Å². The maximum atomic E-state index is 13.1. The molecule has 0 spiro atoms. The van der Waals surface area contributed by atoms with Crippen LogP contribution < -0.4 is 5.69 Å². The number of alkyl halides is 3. The van der Waals surface area contributed by atoms with Crippen molar-refractivity contribution in [2.24, 2.45) is 0 Å². The molecule has 0 aliphatic heterocycles. The fourth-order valence-electron chi connectivity index (χ4n) is 4.25. The van der Waals surface area contributed by atoms with Crippen LogP contribution in [-0.4, -0.2) is 24.7 Å². The Labute approximate surface area is 187 Å². The van der Waals surface area contributed by atoms with Gasteiger partial charge in [0, 0.05) is 22.7 Å². The van der Waals surface area contributed by atoms with Crippen LogP contribution in [0.5, 0.6) is 5.88 Å². The highest BCUT2D eigenvalue weighted by Crippen LogP contribution is 2.37. The molecular weight excluding hydrogens is 439 g/mol. The van der Waals surface area contributed by atoms with Crippen LogP contribution in [0.15, 0.2) is 52.3 Å². The van der Waals surface area contributed by atoms with Gasteiger partial charge in [-0.1, -0.05) is 19.3 Å². The number of aromatic nitrogens is 3. The van der Waals surface area contributed by atoms with Crippen molar-refractivity contribution in [2.45, 2.75) is 61.9 Å². The average molecular weight is 464 g/mol. The van der Waals surface area contributed by atoms with Gasteiger partial charge in [-0.2, -0.15) is 13.2 Å². The second-order valence-corrected chi connectivity index (χ2v) is 9.22. The first kappa shape index (κ1) is 22.5. The number of benzene rings is 1. The van der Waals surface area contributed by atoms with E-state index in [0.717, 1.165) is 28.7 Å². The van der Waals surface area contributed by atoms with Crippen LogP contribution in [0.1, 0.15) is 55.0 Å². The van der Waals surface area contributed by atoms with E-state index in [4.69, 9.17) is 0 Å². The molecule has 1 aliphatic carbocycles. The van der Waals surface area contributed by atoms with Crippen molar-refractivity contribution in [3.8, 4) is 11.6 Å². The number of imidazole rings is 1. The lowest BCUT2D eigenvalue weighted by molar-refractivity contribution is -0.0328. The van der Waals surface area contributed by atoms with Crippen molar-refractivity contribution in [1.29, 1.82) is 0 Å². The Morgan fingerprint density at radius 1 is 1.12 bits per heavy atom. The van der Waals surface area contributed by atoms with E-state index in [1.165, 1.54) is 48.1 Å². The third kappa shape index (κ3) is 4.87. The summed E-state index contributed by atoms with van der Waals surface area (Å²) in [7, 11) is 0. The maximum absolute atomic E-state index is 13.1. The maximum Gasteiger partial charge on any atom is 0.446 e. The molecule has 1 aliphatic rings. The molecule has 0 radical (unpaired) electrons. The summed E-state index contributed by atoms with van der Waals surface area (Å²) >= 11 is -0.225. The van der Waals surface area contributed by atoms with E-state index in [1.807, 2.05) is 12.1 Å². The molecular formula is C23H24F3N3O2S. The van der Waals surface area contributed by atoms with Crippen LogP contribution in [0, 0.1) is 6.92 Å². The van der Waals surface area contributed by atoms with Crippen molar-refractivity contribution in [3.05, 3.63) is 70.0 Å². The number of thioether (sulfide) groups is 1. The van der Waals surface area contributed by atoms with Gasteiger partial charge in [0.05, 0.1) is 17.9 Å². The van der Waals surface area contributed by atoms with Gasteiger partial charge in [-0.15, -0.1) is 0 Å². The van der Waals surface area contributed by atoms with Gasteiger partial charge in [0.1, 0.15) is 0 Å². The highest BCUT2D eigenvalue weighted by atomic mass is 32.2. The van der Waals surface area contributed by atoms with Gasteiger partial charge in [-0.05, 0) is 73.5 Å². The molecule has 0 bridgehead atoms. The molecule has 2 heterocycles. The number of nitrogens with zero attached hydrogens (tertiary/aromatic N) is 3. The van der Waals surface area contributed by atoms with Gasteiger partial charge >= 0.3 is 11.2 Å². The average Bonchev–Trinajstić information content (AvgIpc) is 2.97. The molecule has 1 N–H and O–H groups in total. The lowest BCUT2D eigenvalue weighted by Crippen LogP contribution is -2.24. The zero-order valence-corrected chi connectivity index (χ0v) is 18.4. The fraction of sp³-hybridized carbons (Fsp3) is 0.391. The molecule has 9 heteroatoms. The third-order valence-electron chi connectivity index (χ3n) is 5.90. The molecule has 1 aromatic carbocycles. The van der Waals surface area contributed by atoms with Crippen LogP contribution in [0.4, 0.5) is 13.2 Å². The molecule has 0 unspecified atom stereocenters. The number of pyridine rings is 1. The first-order chi connectivity index (χ1) is 15.2. The lowest BCUT2D eigenvalue weighted by atomic mass is 9.86. The number of hydrogen-bond donors (Lipinski definition) is 1. The minimum absolute atomic E-state index is 0.0111. The molecule has 0 saturated heterocycles. The summed E-state index contributed by atoms with van der Waals surface area (Å²) in [5.41, 5.74) is -2.19. The van der Waals surface area contributed by atoms with Crippen LogP contribution in [-0.2, 0) is 6.54 Å². The van der Waals surface area contributed by atoms with Crippen molar-refractivity contribution >= 4 is 11.8 Å². The molecule has 1 fully saturated rings. The second-order valence-electron chi connectivity index (χ2n) is 8.08. The number of rotatable bonds is 5. The number of hydrogen-bond acceptors (Lipinski definition) is 4. The van der Waals surface area contributed by atoms with Crippen molar-refractivity contribution in [3.63, 3.8) is 0 Å². The van der Waals surface area contributed by atoms with Crippen LogP contribution in [0.3, 0.4) is 0 Å². The predicted molar refractivity (Wildman–Crippen MR) is 118 cm³/mol. The van der Waals surface area contributed by atoms with Gasteiger partial charge in [-0.3, -0.25) is 9.55 Å². The summed E-state index contributed by atoms with van der Waals surface area (Å²) in [5.74, 6) is 0.209. The normalized spacial score (nSPS) is 15.2. The molecule has 0 atom stereocenters.